The molecule has 1 atom stereocenters. The summed E-state index contributed by atoms with van der Waals surface area (Å²) >= 11 is 0. The predicted octanol–water partition coefficient (Wildman–Crippen LogP) is 1.59. The van der Waals surface area contributed by atoms with Crippen LogP contribution in [0.15, 0.2) is 53.4 Å². The number of hydrogen-bond donors (Lipinski definition) is 2. The fraction of sp³-hybridized carbons (Fsp3) is 0.176. The second-order valence-corrected chi connectivity index (χ2v) is 7.02. The van der Waals surface area contributed by atoms with Crippen LogP contribution in [0.4, 0.5) is 10.1 Å². The van der Waals surface area contributed by atoms with E-state index in [0.717, 1.165) is 0 Å². The van der Waals surface area contributed by atoms with Crippen molar-refractivity contribution in [2.75, 3.05) is 5.32 Å². The third-order valence-electron chi connectivity index (χ3n) is 3.42. The largest absolute Gasteiger partial charge is 0.452 e. The maximum absolute atomic E-state index is 13.5. The number of benzene rings is 2. The minimum absolute atomic E-state index is 0.0973. The summed E-state index contributed by atoms with van der Waals surface area (Å²) in [7, 11) is -3.83. The van der Waals surface area contributed by atoms with Crippen molar-refractivity contribution in [2.24, 2.45) is 5.14 Å². The van der Waals surface area contributed by atoms with E-state index in [1.165, 1.54) is 49.4 Å². The van der Waals surface area contributed by atoms with E-state index in [0.29, 0.717) is 5.69 Å². The van der Waals surface area contributed by atoms with Crippen LogP contribution in [0.3, 0.4) is 0 Å². The van der Waals surface area contributed by atoms with E-state index >= 15 is 0 Å². The van der Waals surface area contributed by atoms with Crippen molar-refractivity contribution in [2.45, 2.75) is 24.3 Å². The van der Waals surface area contributed by atoms with Crippen molar-refractivity contribution in [3.05, 3.63) is 59.9 Å². The number of primary sulfonamides is 1. The Labute approximate surface area is 150 Å². The zero-order valence-electron chi connectivity index (χ0n) is 13.8. The summed E-state index contributed by atoms with van der Waals surface area (Å²) in [5.74, 6) is -1.89. The molecular weight excluding hydrogens is 363 g/mol. The van der Waals surface area contributed by atoms with Crippen LogP contribution in [0.1, 0.15) is 12.5 Å². The number of amides is 1. The Bertz CT molecular complexity index is 913. The van der Waals surface area contributed by atoms with E-state index in [9.17, 15) is 22.4 Å². The first-order chi connectivity index (χ1) is 12.2. The molecule has 7 nitrogen and oxygen atoms in total. The predicted molar refractivity (Wildman–Crippen MR) is 92.1 cm³/mol. The molecule has 0 heterocycles. The fourth-order valence-corrected chi connectivity index (χ4v) is 2.58. The number of hydrogen-bond acceptors (Lipinski definition) is 5. The molecule has 2 aromatic rings. The van der Waals surface area contributed by atoms with Crippen LogP contribution in [0.5, 0.6) is 0 Å². The molecule has 2 rings (SSSR count). The molecule has 138 valence electrons. The van der Waals surface area contributed by atoms with Gasteiger partial charge >= 0.3 is 5.97 Å². The van der Waals surface area contributed by atoms with Crippen LogP contribution in [0.25, 0.3) is 0 Å². The zero-order valence-corrected chi connectivity index (χ0v) is 14.6. The van der Waals surface area contributed by atoms with E-state index in [4.69, 9.17) is 9.88 Å². The van der Waals surface area contributed by atoms with E-state index in [1.54, 1.807) is 6.07 Å². The standard InChI is InChI=1S/C17H17FN2O5S/c1-11(25-16(21)10-12-4-2-3-5-15(12)18)17(22)20-13-6-8-14(9-7-13)26(19,23)24/h2-9,11H,10H2,1H3,(H,20,22)(H2,19,23,24)/t11-/m1/s1. The average Bonchev–Trinajstić information content (AvgIpc) is 2.56. The quantitative estimate of drug-likeness (QED) is 0.739. The Morgan fingerprint density at radius 1 is 1.15 bits per heavy atom. The van der Waals surface area contributed by atoms with Gasteiger partial charge in [-0.15, -0.1) is 0 Å². The van der Waals surface area contributed by atoms with Gasteiger partial charge in [-0.3, -0.25) is 9.59 Å². The lowest BCUT2D eigenvalue weighted by molar-refractivity contribution is -0.152. The Hall–Kier alpha value is -2.78. The molecule has 0 saturated heterocycles. The van der Waals surface area contributed by atoms with E-state index in [1.807, 2.05) is 0 Å². The molecule has 2 aromatic carbocycles. The van der Waals surface area contributed by atoms with Gasteiger partial charge in [-0.1, -0.05) is 18.2 Å². The summed E-state index contributed by atoms with van der Waals surface area (Å²) in [6, 6.07) is 10.9. The lowest BCUT2D eigenvalue weighted by Crippen LogP contribution is -2.30. The minimum Gasteiger partial charge on any atom is -0.452 e. The summed E-state index contributed by atoms with van der Waals surface area (Å²) in [5, 5.41) is 7.46. The molecule has 9 heteroatoms. The van der Waals surface area contributed by atoms with Crippen molar-refractivity contribution in [3.63, 3.8) is 0 Å². The molecule has 0 saturated carbocycles. The average molecular weight is 380 g/mol. The number of rotatable bonds is 6. The summed E-state index contributed by atoms with van der Waals surface area (Å²) in [6.07, 6.45) is -1.42. The van der Waals surface area contributed by atoms with Crippen LogP contribution >= 0.6 is 0 Å². The molecule has 26 heavy (non-hydrogen) atoms. The first kappa shape index (κ1) is 19.5. The highest BCUT2D eigenvalue weighted by atomic mass is 32.2. The van der Waals surface area contributed by atoms with E-state index < -0.39 is 33.8 Å². The van der Waals surface area contributed by atoms with Crippen molar-refractivity contribution < 1.29 is 27.1 Å². The van der Waals surface area contributed by atoms with Crippen LogP contribution in [0, 0.1) is 5.82 Å². The van der Waals surface area contributed by atoms with Crippen LogP contribution in [-0.4, -0.2) is 26.4 Å². The number of carbonyl (C=O) groups excluding carboxylic acids is 2. The number of carbonyl (C=O) groups is 2. The van der Waals surface area contributed by atoms with Gasteiger partial charge in [0, 0.05) is 5.69 Å². The van der Waals surface area contributed by atoms with Gasteiger partial charge in [0.15, 0.2) is 6.10 Å². The zero-order chi connectivity index (χ0) is 19.3. The Kier molecular flexibility index (Phi) is 6.06. The molecule has 0 aromatic heterocycles. The van der Waals surface area contributed by atoms with Crippen LogP contribution < -0.4 is 10.5 Å². The third-order valence-corrected chi connectivity index (χ3v) is 4.35. The Morgan fingerprint density at radius 3 is 2.35 bits per heavy atom. The first-order valence-corrected chi connectivity index (χ1v) is 9.08. The second kappa shape index (κ2) is 8.07. The number of sulfonamides is 1. The first-order valence-electron chi connectivity index (χ1n) is 7.53. The number of nitrogens with two attached hydrogens (primary N) is 1. The van der Waals surface area contributed by atoms with Crippen molar-refractivity contribution in [1.29, 1.82) is 0 Å². The Balaban J connectivity index is 1.93. The van der Waals surface area contributed by atoms with Crippen molar-refractivity contribution >= 4 is 27.6 Å². The molecular formula is C17H17FN2O5S. The maximum Gasteiger partial charge on any atom is 0.311 e. The number of ether oxygens (including phenoxy) is 1. The summed E-state index contributed by atoms with van der Waals surface area (Å²) in [4.78, 5) is 23.8. The minimum atomic E-state index is -3.83. The van der Waals surface area contributed by atoms with Gasteiger partial charge in [-0.2, -0.15) is 0 Å². The second-order valence-electron chi connectivity index (χ2n) is 5.46. The molecule has 0 aliphatic rings. The third kappa shape index (κ3) is 5.36. The molecule has 0 unspecified atom stereocenters. The molecule has 3 N–H and O–H groups in total. The van der Waals surface area contributed by atoms with Crippen LogP contribution in [0.2, 0.25) is 0 Å². The molecule has 0 fully saturated rings. The SMILES string of the molecule is C[C@@H](OC(=O)Cc1ccccc1F)C(=O)Nc1ccc(S(N)(=O)=O)cc1. The molecule has 1 amide bonds. The van der Waals surface area contributed by atoms with E-state index in [2.05, 4.69) is 5.32 Å². The topological polar surface area (TPSA) is 116 Å². The number of halogens is 1. The molecule has 0 radical (unpaired) electrons. The fourth-order valence-electron chi connectivity index (χ4n) is 2.06. The van der Waals surface area contributed by atoms with Crippen molar-refractivity contribution in [1.82, 2.24) is 0 Å². The molecule has 0 spiro atoms. The molecule has 0 aliphatic heterocycles. The number of anilines is 1. The van der Waals surface area contributed by atoms with Gasteiger partial charge < -0.3 is 10.1 Å². The highest BCUT2D eigenvalue weighted by Gasteiger charge is 2.19. The monoisotopic (exact) mass is 380 g/mol. The highest BCUT2D eigenvalue weighted by Crippen LogP contribution is 2.14. The lowest BCUT2D eigenvalue weighted by Gasteiger charge is -2.14. The number of esters is 1. The summed E-state index contributed by atoms with van der Waals surface area (Å²) in [6.45, 7) is 1.37. The number of nitrogens with one attached hydrogen (secondary N) is 1. The van der Waals surface area contributed by atoms with E-state index in [-0.39, 0.29) is 16.9 Å². The summed E-state index contributed by atoms with van der Waals surface area (Å²) in [5.41, 5.74) is 0.475. The van der Waals surface area contributed by atoms with Gasteiger partial charge in [0.1, 0.15) is 5.82 Å². The van der Waals surface area contributed by atoms with Gasteiger partial charge in [-0.25, -0.2) is 17.9 Å². The van der Waals surface area contributed by atoms with Gasteiger partial charge in [0.25, 0.3) is 5.91 Å². The van der Waals surface area contributed by atoms with Gasteiger partial charge in [-0.05, 0) is 42.8 Å². The Morgan fingerprint density at radius 2 is 1.77 bits per heavy atom. The van der Waals surface area contributed by atoms with Gasteiger partial charge in [0.05, 0.1) is 11.3 Å². The highest BCUT2D eigenvalue weighted by molar-refractivity contribution is 7.89. The van der Waals surface area contributed by atoms with Gasteiger partial charge in [0.2, 0.25) is 10.0 Å². The van der Waals surface area contributed by atoms with Crippen molar-refractivity contribution in [3.8, 4) is 0 Å². The lowest BCUT2D eigenvalue weighted by atomic mass is 10.1. The smallest absolute Gasteiger partial charge is 0.311 e. The molecule has 0 aliphatic carbocycles. The normalized spacial score (nSPS) is 12.3. The molecule has 0 bridgehead atoms. The maximum atomic E-state index is 13.5. The summed E-state index contributed by atoms with van der Waals surface area (Å²) < 4.78 is 40.9. The van der Waals surface area contributed by atoms with Crippen LogP contribution in [-0.2, 0) is 30.8 Å².